The summed E-state index contributed by atoms with van der Waals surface area (Å²) in [6.07, 6.45) is 3.74. The number of hydrogen-bond acceptors (Lipinski definition) is 4. The molecule has 0 aromatic rings. The molecule has 0 spiro atoms. The van der Waals surface area contributed by atoms with Gasteiger partial charge in [-0.15, -0.1) is 0 Å². The number of aliphatic hydroxyl groups is 1. The van der Waals surface area contributed by atoms with Gasteiger partial charge in [-0.2, -0.15) is 0 Å². The van der Waals surface area contributed by atoms with Gasteiger partial charge in [-0.3, -0.25) is 4.57 Å². The topological polar surface area (TPSA) is 55.8 Å². The highest BCUT2D eigenvalue weighted by Gasteiger charge is 2.29. The van der Waals surface area contributed by atoms with E-state index < -0.39 is 7.60 Å². The van der Waals surface area contributed by atoms with Crippen molar-refractivity contribution in [2.75, 3.05) is 20.4 Å². The molecule has 1 rings (SSSR count). The number of hydrogen-bond donors (Lipinski definition) is 1. The Bertz CT molecular complexity index is 203. The fourth-order valence-electron chi connectivity index (χ4n) is 1.87. The lowest BCUT2D eigenvalue weighted by Crippen LogP contribution is -2.21. The van der Waals surface area contributed by atoms with Crippen molar-refractivity contribution in [2.24, 2.45) is 5.92 Å². The first-order chi connectivity index (χ1) is 6.59. The molecule has 0 radical (unpaired) electrons. The van der Waals surface area contributed by atoms with E-state index in [1.54, 1.807) is 0 Å². The first-order valence-corrected chi connectivity index (χ1v) is 6.71. The molecule has 0 saturated heterocycles. The van der Waals surface area contributed by atoms with Gasteiger partial charge in [0.1, 0.15) is 0 Å². The monoisotopic (exact) mass is 222 g/mol. The van der Waals surface area contributed by atoms with Crippen LogP contribution in [0.25, 0.3) is 0 Å². The number of rotatable bonds is 4. The van der Waals surface area contributed by atoms with Crippen LogP contribution >= 0.6 is 7.60 Å². The molecule has 4 nitrogen and oxygen atoms in total. The lowest BCUT2D eigenvalue weighted by Gasteiger charge is -2.27. The Kier molecular flexibility index (Phi) is 4.58. The molecule has 0 bridgehead atoms. The van der Waals surface area contributed by atoms with Gasteiger partial charge in [-0.05, 0) is 31.6 Å². The van der Waals surface area contributed by atoms with E-state index in [9.17, 15) is 9.67 Å². The minimum atomic E-state index is -2.85. The fraction of sp³-hybridized carbons (Fsp3) is 1.00. The van der Waals surface area contributed by atoms with Crippen LogP contribution in [0.15, 0.2) is 0 Å². The van der Waals surface area contributed by atoms with Gasteiger partial charge in [0.05, 0.1) is 12.3 Å². The van der Waals surface area contributed by atoms with Gasteiger partial charge >= 0.3 is 7.60 Å². The molecule has 1 fully saturated rings. The summed E-state index contributed by atoms with van der Waals surface area (Å²) in [6, 6.07) is 0. The molecule has 0 aromatic carbocycles. The summed E-state index contributed by atoms with van der Waals surface area (Å²) < 4.78 is 21.6. The van der Waals surface area contributed by atoms with Crippen LogP contribution in [0.1, 0.15) is 25.7 Å². The molecule has 0 amide bonds. The summed E-state index contributed by atoms with van der Waals surface area (Å²) >= 11 is 0. The molecule has 84 valence electrons. The van der Waals surface area contributed by atoms with Gasteiger partial charge in [0.15, 0.2) is 0 Å². The summed E-state index contributed by atoms with van der Waals surface area (Å²) in [6.45, 7) is 0. The standard InChI is InChI=1S/C9H19O4P/c1-12-14(11,13-2)7-8-3-5-9(10)6-4-8/h8-10H,3-7H2,1-2H3/t8-,9+. The van der Waals surface area contributed by atoms with Crippen molar-refractivity contribution in [1.82, 2.24) is 0 Å². The fourth-order valence-corrected chi connectivity index (χ4v) is 3.31. The normalized spacial score (nSPS) is 29.1. The molecule has 1 aliphatic carbocycles. The number of aliphatic hydroxyl groups excluding tert-OH is 1. The Hall–Kier alpha value is 0.110. The summed E-state index contributed by atoms with van der Waals surface area (Å²) in [5.74, 6) is 0.365. The van der Waals surface area contributed by atoms with Gasteiger partial charge in [0.25, 0.3) is 0 Å². The summed E-state index contributed by atoms with van der Waals surface area (Å²) in [7, 11) is -0.0138. The summed E-state index contributed by atoms with van der Waals surface area (Å²) in [4.78, 5) is 0. The molecule has 0 aliphatic heterocycles. The predicted octanol–water partition coefficient (Wildman–Crippen LogP) is 2.02. The molecular formula is C9H19O4P. The Morgan fingerprint density at radius 2 is 1.71 bits per heavy atom. The molecule has 0 heterocycles. The third-order valence-corrected chi connectivity index (χ3v) is 4.93. The lowest BCUT2D eigenvalue weighted by atomic mass is 9.89. The van der Waals surface area contributed by atoms with E-state index in [0.717, 1.165) is 25.7 Å². The van der Waals surface area contributed by atoms with E-state index in [2.05, 4.69) is 0 Å². The van der Waals surface area contributed by atoms with Crippen LogP contribution in [0.4, 0.5) is 0 Å². The van der Waals surface area contributed by atoms with Gasteiger partial charge < -0.3 is 14.2 Å². The quantitative estimate of drug-likeness (QED) is 0.739. The highest BCUT2D eigenvalue weighted by Crippen LogP contribution is 2.49. The van der Waals surface area contributed by atoms with Crippen molar-refractivity contribution >= 4 is 7.60 Å². The minimum absolute atomic E-state index is 0.171. The van der Waals surface area contributed by atoms with Gasteiger partial charge in [0, 0.05) is 14.2 Å². The maximum Gasteiger partial charge on any atom is 0.330 e. The second-order valence-corrected chi connectivity index (χ2v) is 6.15. The maximum absolute atomic E-state index is 11.8. The van der Waals surface area contributed by atoms with Crippen LogP contribution in [0.2, 0.25) is 0 Å². The average molecular weight is 222 g/mol. The highest BCUT2D eigenvalue weighted by atomic mass is 31.2. The largest absolute Gasteiger partial charge is 0.393 e. The lowest BCUT2D eigenvalue weighted by molar-refractivity contribution is 0.111. The predicted molar refractivity (Wildman–Crippen MR) is 54.5 cm³/mol. The van der Waals surface area contributed by atoms with Crippen LogP contribution in [-0.2, 0) is 13.6 Å². The van der Waals surface area contributed by atoms with Crippen molar-refractivity contribution in [3.05, 3.63) is 0 Å². The van der Waals surface area contributed by atoms with Crippen LogP contribution in [0, 0.1) is 5.92 Å². The molecule has 5 heteroatoms. The second kappa shape index (κ2) is 5.26. The summed E-state index contributed by atoms with van der Waals surface area (Å²) in [5, 5.41) is 9.31. The van der Waals surface area contributed by atoms with Crippen LogP contribution < -0.4 is 0 Å². The van der Waals surface area contributed by atoms with E-state index in [-0.39, 0.29) is 6.10 Å². The molecule has 0 unspecified atom stereocenters. The van der Waals surface area contributed by atoms with Gasteiger partial charge in [-0.1, -0.05) is 0 Å². The van der Waals surface area contributed by atoms with Crippen LogP contribution in [0.5, 0.6) is 0 Å². The van der Waals surface area contributed by atoms with Gasteiger partial charge in [0.2, 0.25) is 0 Å². The van der Waals surface area contributed by atoms with E-state index in [0.29, 0.717) is 12.1 Å². The summed E-state index contributed by atoms with van der Waals surface area (Å²) in [5.41, 5.74) is 0. The van der Waals surface area contributed by atoms with Crippen LogP contribution in [0.3, 0.4) is 0 Å². The van der Waals surface area contributed by atoms with Crippen molar-refractivity contribution in [3.63, 3.8) is 0 Å². The first kappa shape index (κ1) is 12.2. The third-order valence-electron chi connectivity index (χ3n) is 2.85. The van der Waals surface area contributed by atoms with E-state index in [4.69, 9.17) is 9.05 Å². The molecule has 1 aliphatic rings. The zero-order chi connectivity index (χ0) is 10.6. The second-order valence-electron chi connectivity index (χ2n) is 3.83. The molecule has 0 atom stereocenters. The molecule has 14 heavy (non-hydrogen) atoms. The Balaban J connectivity index is 2.40. The van der Waals surface area contributed by atoms with E-state index >= 15 is 0 Å². The first-order valence-electron chi connectivity index (χ1n) is 4.98. The van der Waals surface area contributed by atoms with E-state index in [1.165, 1.54) is 14.2 Å². The Morgan fingerprint density at radius 1 is 1.21 bits per heavy atom. The zero-order valence-corrected chi connectivity index (χ0v) is 9.70. The molecule has 1 N–H and O–H groups in total. The van der Waals surface area contributed by atoms with Crippen molar-refractivity contribution in [3.8, 4) is 0 Å². The zero-order valence-electron chi connectivity index (χ0n) is 8.81. The Morgan fingerprint density at radius 3 is 2.14 bits per heavy atom. The molecule has 0 aromatic heterocycles. The van der Waals surface area contributed by atoms with Crippen molar-refractivity contribution < 1.29 is 18.7 Å². The van der Waals surface area contributed by atoms with Gasteiger partial charge in [-0.25, -0.2) is 0 Å². The molecular weight excluding hydrogens is 203 g/mol. The smallest absolute Gasteiger partial charge is 0.330 e. The average Bonchev–Trinajstić information content (AvgIpc) is 2.21. The van der Waals surface area contributed by atoms with Crippen molar-refractivity contribution in [2.45, 2.75) is 31.8 Å². The Labute approximate surface area is 85.1 Å². The SMILES string of the molecule is COP(=O)(C[C@H]1CC[C@@H](O)CC1)OC. The minimum Gasteiger partial charge on any atom is -0.393 e. The highest BCUT2D eigenvalue weighted by molar-refractivity contribution is 7.53. The van der Waals surface area contributed by atoms with E-state index in [1.807, 2.05) is 0 Å². The van der Waals surface area contributed by atoms with Crippen molar-refractivity contribution in [1.29, 1.82) is 0 Å². The maximum atomic E-state index is 11.8. The third kappa shape index (κ3) is 3.35. The molecule has 1 saturated carbocycles. The van der Waals surface area contributed by atoms with Crippen LogP contribution in [-0.4, -0.2) is 31.6 Å².